The zero-order valence-electron chi connectivity index (χ0n) is 12.9. The van der Waals surface area contributed by atoms with Crippen LogP contribution in [0.15, 0.2) is 18.6 Å². The van der Waals surface area contributed by atoms with Crippen LogP contribution >= 0.6 is 11.8 Å². The van der Waals surface area contributed by atoms with Gasteiger partial charge in [0, 0.05) is 31.5 Å². The number of thioether (sulfide) groups is 1. The molecule has 1 aromatic rings. The fraction of sp³-hybridized carbons (Fsp3) is 0.688. The van der Waals surface area contributed by atoms with Gasteiger partial charge in [0.15, 0.2) is 0 Å². The maximum Gasteiger partial charge on any atom is 0.271 e. The molecule has 1 N–H and O–H groups in total. The summed E-state index contributed by atoms with van der Waals surface area (Å²) in [4.78, 5) is 22.7. The van der Waals surface area contributed by atoms with Crippen LogP contribution < -0.4 is 5.32 Å². The molecule has 0 aliphatic carbocycles. The van der Waals surface area contributed by atoms with E-state index in [1.165, 1.54) is 49.9 Å². The molecule has 0 bridgehead atoms. The summed E-state index contributed by atoms with van der Waals surface area (Å²) in [6, 6.07) is 0.764. The van der Waals surface area contributed by atoms with Crippen molar-refractivity contribution in [2.45, 2.75) is 31.7 Å². The van der Waals surface area contributed by atoms with Crippen LogP contribution in [0.25, 0.3) is 0 Å². The van der Waals surface area contributed by atoms with Crippen LogP contribution in [0.2, 0.25) is 0 Å². The summed E-state index contributed by atoms with van der Waals surface area (Å²) in [6.45, 7) is 3.09. The molecule has 2 aliphatic rings. The largest absolute Gasteiger partial charge is 0.350 e. The van der Waals surface area contributed by atoms with Gasteiger partial charge >= 0.3 is 0 Å². The summed E-state index contributed by atoms with van der Waals surface area (Å²) in [5.41, 5.74) is 0.402. The van der Waals surface area contributed by atoms with Crippen molar-refractivity contribution in [3.05, 3.63) is 24.3 Å². The average Bonchev–Trinajstić information content (AvgIpc) is 2.61. The molecule has 6 heteroatoms. The highest BCUT2D eigenvalue weighted by molar-refractivity contribution is 7.99. The van der Waals surface area contributed by atoms with E-state index in [2.05, 4.69) is 31.9 Å². The molecule has 5 nitrogen and oxygen atoms in total. The van der Waals surface area contributed by atoms with Crippen LogP contribution in [-0.2, 0) is 0 Å². The maximum atomic E-state index is 12.0. The first-order valence-corrected chi connectivity index (χ1v) is 9.34. The first kappa shape index (κ1) is 15.7. The van der Waals surface area contributed by atoms with Gasteiger partial charge in [-0.15, -0.1) is 0 Å². The zero-order valence-corrected chi connectivity index (χ0v) is 13.7. The van der Waals surface area contributed by atoms with Crippen LogP contribution in [0.3, 0.4) is 0 Å². The lowest BCUT2D eigenvalue weighted by atomic mass is 9.95. The molecule has 0 aromatic carbocycles. The van der Waals surface area contributed by atoms with E-state index in [9.17, 15) is 4.79 Å². The van der Waals surface area contributed by atoms with Crippen molar-refractivity contribution in [3.63, 3.8) is 0 Å². The molecule has 0 saturated carbocycles. The minimum atomic E-state index is -0.112. The molecule has 2 aliphatic heterocycles. The Bertz CT molecular complexity index is 478. The third kappa shape index (κ3) is 4.20. The number of nitrogens with zero attached hydrogens (tertiary/aromatic N) is 3. The standard InChI is InChI=1S/C16H24N4OS/c21-16(15-11-17-5-6-18-15)19-10-13-2-1-7-20(12-13)14-3-8-22-9-4-14/h5-6,11,13-14H,1-4,7-10,12H2,(H,19,21). The van der Waals surface area contributed by atoms with Crippen molar-refractivity contribution in [3.8, 4) is 0 Å². The van der Waals surface area contributed by atoms with Crippen molar-refractivity contribution in [2.24, 2.45) is 5.92 Å². The minimum Gasteiger partial charge on any atom is -0.350 e. The number of aromatic nitrogens is 2. The predicted molar refractivity (Wildman–Crippen MR) is 89.0 cm³/mol. The van der Waals surface area contributed by atoms with Gasteiger partial charge in [-0.2, -0.15) is 11.8 Å². The summed E-state index contributed by atoms with van der Waals surface area (Å²) in [5.74, 6) is 3.05. The Labute approximate surface area is 136 Å². The molecule has 0 radical (unpaired) electrons. The molecule has 1 amide bonds. The second kappa shape index (κ2) is 7.92. The maximum absolute atomic E-state index is 12.0. The van der Waals surface area contributed by atoms with Crippen molar-refractivity contribution in [1.29, 1.82) is 0 Å². The van der Waals surface area contributed by atoms with Gasteiger partial charge in [0.2, 0.25) is 0 Å². The van der Waals surface area contributed by atoms with Gasteiger partial charge in [-0.1, -0.05) is 0 Å². The highest BCUT2D eigenvalue weighted by atomic mass is 32.2. The molecule has 1 atom stereocenters. The summed E-state index contributed by atoms with van der Waals surface area (Å²) >= 11 is 2.08. The highest BCUT2D eigenvalue weighted by Gasteiger charge is 2.27. The Balaban J connectivity index is 1.47. The fourth-order valence-electron chi connectivity index (χ4n) is 3.39. The van der Waals surface area contributed by atoms with Crippen molar-refractivity contribution < 1.29 is 4.79 Å². The lowest BCUT2D eigenvalue weighted by Gasteiger charge is -2.39. The van der Waals surface area contributed by atoms with Crippen LogP contribution in [-0.4, -0.2) is 58.0 Å². The number of rotatable bonds is 4. The third-order valence-corrected chi connectivity index (χ3v) is 5.65. The Kier molecular flexibility index (Phi) is 5.67. The predicted octanol–water partition coefficient (Wildman–Crippen LogP) is 1.81. The molecule has 2 fully saturated rings. The molecule has 2 saturated heterocycles. The van der Waals surface area contributed by atoms with Crippen LogP contribution in [0.5, 0.6) is 0 Å². The summed E-state index contributed by atoms with van der Waals surface area (Å²) < 4.78 is 0. The average molecular weight is 320 g/mol. The van der Waals surface area contributed by atoms with Crippen LogP contribution in [0.4, 0.5) is 0 Å². The van der Waals surface area contributed by atoms with E-state index in [1.807, 2.05) is 0 Å². The number of hydrogen-bond donors (Lipinski definition) is 1. The van der Waals surface area contributed by atoms with Gasteiger partial charge in [0.25, 0.3) is 5.91 Å². The highest BCUT2D eigenvalue weighted by Crippen LogP contribution is 2.26. The number of carbonyl (C=O) groups is 1. The van der Waals surface area contributed by atoms with Gasteiger partial charge in [-0.3, -0.25) is 14.7 Å². The Morgan fingerprint density at radius 3 is 2.95 bits per heavy atom. The van der Waals surface area contributed by atoms with E-state index in [4.69, 9.17) is 0 Å². The van der Waals surface area contributed by atoms with Gasteiger partial charge in [-0.05, 0) is 49.7 Å². The number of carbonyl (C=O) groups excluding carboxylic acids is 1. The van der Waals surface area contributed by atoms with Gasteiger partial charge in [0.05, 0.1) is 6.20 Å². The summed E-state index contributed by atoms with van der Waals surface area (Å²) in [6.07, 6.45) is 9.75. The number of likely N-dealkylation sites (tertiary alicyclic amines) is 1. The topological polar surface area (TPSA) is 58.1 Å². The molecule has 3 heterocycles. The molecule has 3 rings (SSSR count). The SMILES string of the molecule is O=C(NCC1CCCN(C2CCSCC2)C1)c1cnccn1. The Morgan fingerprint density at radius 2 is 2.18 bits per heavy atom. The van der Waals surface area contributed by atoms with E-state index >= 15 is 0 Å². The molecule has 0 spiro atoms. The molecule has 120 valence electrons. The van der Waals surface area contributed by atoms with E-state index < -0.39 is 0 Å². The first-order valence-electron chi connectivity index (χ1n) is 8.19. The molecule has 1 unspecified atom stereocenters. The van der Waals surface area contributed by atoms with Gasteiger partial charge in [0.1, 0.15) is 5.69 Å². The molecule has 22 heavy (non-hydrogen) atoms. The zero-order chi connectivity index (χ0) is 15.2. The lowest BCUT2D eigenvalue weighted by Crippen LogP contribution is -2.46. The number of piperidine rings is 1. The lowest BCUT2D eigenvalue weighted by molar-refractivity contribution is 0.0900. The number of amides is 1. The van der Waals surface area contributed by atoms with Crippen molar-refractivity contribution in [1.82, 2.24) is 20.2 Å². The summed E-state index contributed by atoms with van der Waals surface area (Å²) in [7, 11) is 0. The number of hydrogen-bond acceptors (Lipinski definition) is 5. The van der Waals surface area contributed by atoms with Gasteiger partial charge in [-0.25, -0.2) is 4.98 Å². The molecule has 1 aromatic heterocycles. The normalized spacial score (nSPS) is 24.1. The van der Waals surface area contributed by atoms with Crippen molar-refractivity contribution >= 4 is 17.7 Å². The second-order valence-electron chi connectivity index (χ2n) is 6.15. The molecular formula is C16H24N4OS. The quantitative estimate of drug-likeness (QED) is 0.917. The van der Waals surface area contributed by atoms with E-state index in [-0.39, 0.29) is 5.91 Å². The van der Waals surface area contributed by atoms with E-state index in [1.54, 1.807) is 12.4 Å². The Hall–Kier alpha value is -1.14. The first-order chi connectivity index (χ1) is 10.8. The van der Waals surface area contributed by atoms with E-state index in [0.717, 1.165) is 19.1 Å². The second-order valence-corrected chi connectivity index (χ2v) is 7.37. The van der Waals surface area contributed by atoms with E-state index in [0.29, 0.717) is 11.6 Å². The minimum absolute atomic E-state index is 0.112. The third-order valence-electron chi connectivity index (χ3n) is 4.60. The smallest absolute Gasteiger partial charge is 0.271 e. The van der Waals surface area contributed by atoms with Gasteiger partial charge < -0.3 is 5.32 Å². The number of nitrogens with one attached hydrogen (secondary N) is 1. The van der Waals surface area contributed by atoms with Crippen molar-refractivity contribution in [2.75, 3.05) is 31.1 Å². The van der Waals surface area contributed by atoms with Crippen LogP contribution in [0.1, 0.15) is 36.2 Å². The molecular weight excluding hydrogens is 296 g/mol. The monoisotopic (exact) mass is 320 g/mol. The summed E-state index contributed by atoms with van der Waals surface area (Å²) in [5, 5.41) is 3.02. The van der Waals surface area contributed by atoms with Crippen LogP contribution in [0, 0.1) is 5.92 Å². The Morgan fingerprint density at radius 1 is 1.32 bits per heavy atom. The fourth-order valence-corrected chi connectivity index (χ4v) is 4.47.